The van der Waals surface area contributed by atoms with E-state index in [2.05, 4.69) is 10.3 Å². The van der Waals surface area contributed by atoms with Gasteiger partial charge in [-0.05, 0) is 43.7 Å². The summed E-state index contributed by atoms with van der Waals surface area (Å²) in [7, 11) is 0. The molecular formula is C20H27FN4O3. The third-order valence-electron chi connectivity index (χ3n) is 6.65. The van der Waals surface area contributed by atoms with Crippen molar-refractivity contribution < 1.29 is 20.1 Å². The average molecular weight is 390 g/mol. The number of aromatic nitrogens is 1. The number of carbonyl (C=O) groups is 2. The Morgan fingerprint density at radius 2 is 2.18 bits per heavy atom. The van der Waals surface area contributed by atoms with Crippen LogP contribution in [-0.4, -0.2) is 71.7 Å². The Labute approximate surface area is 164 Å². The third-order valence-corrected chi connectivity index (χ3v) is 6.65. The number of likely N-dealkylation sites (tertiary alicyclic amines) is 2. The maximum Gasteiger partial charge on any atom is 0.320 e. The number of halogens is 1. The number of fused-ring (bicyclic) bond motifs is 1. The number of urea groups is 1. The number of carbonyl (C=O) groups excluding carboxylic acids is 2. The molecule has 0 radical (unpaired) electrons. The van der Waals surface area contributed by atoms with E-state index in [1.165, 1.54) is 12.3 Å². The highest BCUT2D eigenvalue weighted by molar-refractivity contribution is 5.79. The van der Waals surface area contributed by atoms with E-state index in [-0.39, 0.29) is 43.3 Å². The van der Waals surface area contributed by atoms with Crippen LogP contribution in [0.25, 0.3) is 0 Å². The van der Waals surface area contributed by atoms with Crippen molar-refractivity contribution in [1.82, 2.24) is 20.1 Å². The van der Waals surface area contributed by atoms with Gasteiger partial charge in [0, 0.05) is 38.7 Å². The molecule has 0 bridgehead atoms. The highest BCUT2D eigenvalue weighted by Gasteiger charge is 2.54. The van der Waals surface area contributed by atoms with Gasteiger partial charge in [0.15, 0.2) is 0 Å². The van der Waals surface area contributed by atoms with E-state index < -0.39 is 0 Å². The third kappa shape index (κ3) is 3.23. The molecule has 1 aliphatic carbocycles. The minimum absolute atomic E-state index is 0. The SMILES string of the molecule is O=C1CO[C@H]2CCN(C(=O)N3CC4(CC(Cc5ccc(F)cn5)C4)C3)C[C@H]2N1.[HH]. The average Bonchev–Trinajstić information content (AvgIpc) is 2.63. The van der Waals surface area contributed by atoms with Crippen molar-refractivity contribution in [1.29, 1.82) is 0 Å². The number of nitrogens with zero attached hydrogens (tertiary/aromatic N) is 3. The Kier molecular flexibility index (Phi) is 4.26. The fourth-order valence-electron chi connectivity index (χ4n) is 5.36. The number of hydrogen-bond donors (Lipinski definition) is 1. The summed E-state index contributed by atoms with van der Waals surface area (Å²) in [4.78, 5) is 32.3. The molecule has 152 valence electrons. The van der Waals surface area contributed by atoms with Crippen LogP contribution in [0, 0.1) is 17.2 Å². The summed E-state index contributed by atoms with van der Waals surface area (Å²) in [5.74, 6) is 0.167. The maximum atomic E-state index is 13.0. The van der Waals surface area contributed by atoms with Crippen molar-refractivity contribution in [2.75, 3.05) is 32.8 Å². The van der Waals surface area contributed by atoms with Gasteiger partial charge >= 0.3 is 6.03 Å². The minimum Gasteiger partial charge on any atom is -0.366 e. The Balaban J connectivity index is 0.00000205. The lowest BCUT2D eigenvalue weighted by molar-refractivity contribution is -0.140. The first-order valence-corrected chi connectivity index (χ1v) is 10.0. The van der Waals surface area contributed by atoms with E-state index >= 15 is 0 Å². The molecule has 2 atom stereocenters. The zero-order valence-corrected chi connectivity index (χ0v) is 15.8. The highest BCUT2D eigenvalue weighted by Crippen LogP contribution is 2.53. The second-order valence-corrected chi connectivity index (χ2v) is 8.84. The van der Waals surface area contributed by atoms with Gasteiger partial charge in [-0.15, -0.1) is 0 Å². The predicted molar refractivity (Wildman–Crippen MR) is 100.0 cm³/mol. The number of piperidine rings is 1. The van der Waals surface area contributed by atoms with Crippen molar-refractivity contribution in [3.05, 3.63) is 29.8 Å². The van der Waals surface area contributed by atoms with Crippen molar-refractivity contribution >= 4 is 11.9 Å². The predicted octanol–water partition coefficient (Wildman–Crippen LogP) is 1.43. The first kappa shape index (κ1) is 17.8. The minimum atomic E-state index is -0.301. The molecule has 8 heteroatoms. The van der Waals surface area contributed by atoms with Crippen LogP contribution < -0.4 is 5.32 Å². The number of morpholine rings is 1. The second-order valence-electron chi connectivity index (χ2n) is 8.84. The molecule has 4 aliphatic rings. The molecule has 0 unspecified atom stereocenters. The van der Waals surface area contributed by atoms with Crippen LogP contribution in [0.15, 0.2) is 18.3 Å². The van der Waals surface area contributed by atoms with Gasteiger partial charge < -0.3 is 19.9 Å². The molecule has 1 saturated carbocycles. The van der Waals surface area contributed by atoms with E-state index in [9.17, 15) is 14.0 Å². The number of hydrogen-bond acceptors (Lipinski definition) is 4. The lowest BCUT2D eigenvalue weighted by Gasteiger charge is -2.60. The molecular weight excluding hydrogens is 363 g/mol. The Morgan fingerprint density at radius 1 is 1.36 bits per heavy atom. The van der Waals surface area contributed by atoms with Gasteiger partial charge in [0.25, 0.3) is 0 Å². The molecule has 4 heterocycles. The van der Waals surface area contributed by atoms with Gasteiger partial charge in [-0.3, -0.25) is 9.78 Å². The Bertz CT molecular complexity index is 778. The van der Waals surface area contributed by atoms with Gasteiger partial charge in [-0.1, -0.05) is 0 Å². The molecule has 3 saturated heterocycles. The highest BCUT2D eigenvalue weighted by atomic mass is 19.1. The van der Waals surface area contributed by atoms with Crippen LogP contribution in [0.1, 0.15) is 26.4 Å². The molecule has 1 aromatic rings. The van der Waals surface area contributed by atoms with E-state index in [0.29, 0.717) is 19.0 Å². The molecule has 1 N–H and O–H groups in total. The summed E-state index contributed by atoms with van der Waals surface area (Å²) in [5.41, 5.74) is 1.20. The van der Waals surface area contributed by atoms with Gasteiger partial charge in [-0.25, -0.2) is 9.18 Å². The summed E-state index contributed by atoms with van der Waals surface area (Å²) in [6, 6.07) is 3.20. The van der Waals surface area contributed by atoms with Crippen LogP contribution in [0.4, 0.5) is 9.18 Å². The monoisotopic (exact) mass is 390 g/mol. The van der Waals surface area contributed by atoms with Crippen molar-refractivity contribution in [2.45, 2.75) is 37.8 Å². The Hall–Kier alpha value is -2.22. The number of pyridine rings is 1. The van der Waals surface area contributed by atoms with Crippen LogP contribution in [0.2, 0.25) is 0 Å². The van der Waals surface area contributed by atoms with E-state index in [1.54, 1.807) is 6.07 Å². The molecule has 1 aromatic heterocycles. The largest absolute Gasteiger partial charge is 0.366 e. The van der Waals surface area contributed by atoms with Crippen LogP contribution in [0.5, 0.6) is 0 Å². The Morgan fingerprint density at radius 3 is 2.93 bits per heavy atom. The first-order chi connectivity index (χ1) is 13.5. The normalized spacial score (nSPS) is 29.0. The number of amides is 3. The van der Waals surface area contributed by atoms with E-state index in [4.69, 9.17) is 4.74 Å². The fraction of sp³-hybridized carbons (Fsp3) is 0.650. The standard InChI is InChI=1S/C20H25FN4O3.H2/c21-14-1-2-15(22-8-14)5-13-6-20(7-13)11-25(12-20)19(27)24-4-3-17-16(9-24)23-18(26)10-28-17;/h1-2,8,13,16-17H,3-7,9-12H2,(H,23,26);1H/t16-,17+;/m1./s1. The van der Waals surface area contributed by atoms with Gasteiger partial charge in [0.1, 0.15) is 12.4 Å². The summed E-state index contributed by atoms with van der Waals surface area (Å²) in [6.07, 6.45) is 5.15. The number of rotatable bonds is 2. The number of ether oxygens (including phenoxy) is 1. The quantitative estimate of drug-likeness (QED) is 0.829. The lowest BCUT2D eigenvalue weighted by atomic mass is 9.57. The molecule has 5 rings (SSSR count). The first-order valence-electron chi connectivity index (χ1n) is 10.0. The van der Waals surface area contributed by atoms with Gasteiger partial charge in [0.05, 0.1) is 18.3 Å². The van der Waals surface area contributed by atoms with E-state index in [0.717, 1.165) is 44.5 Å². The molecule has 1 spiro atoms. The van der Waals surface area contributed by atoms with Crippen LogP contribution >= 0.6 is 0 Å². The van der Waals surface area contributed by atoms with Crippen molar-refractivity contribution in [3.8, 4) is 0 Å². The van der Waals surface area contributed by atoms with Crippen molar-refractivity contribution in [2.24, 2.45) is 11.3 Å². The van der Waals surface area contributed by atoms with Gasteiger partial charge in [-0.2, -0.15) is 0 Å². The zero-order valence-electron chi connectivity index (χ0n) is 15.8. The lowest BCUT2D eigenvalue weighted by Crippen LogP contribution is -2.68. The summed E-state index contributed by atoms with van der Waals surface area (Å²) < 4.78 is 18.5. The molecule has 3 amide bonds. The fourth-order valence-corrected chi connectivity index (χ4v) is 5.36. The molecule has 0 aromatic carbocycles. The number of nitrogens with one attached hydrogen (secondary N) is 1. The summed E-state index contributed by atoms with van der Waals surface area (Å²) in [6.45, 7) is 2.95. The summed E-state index contributed by atoms with van der Waals surface area (Å²) >= 11 is 0. The summed E-state index contributed by atoms with van der Waals surface area (Å²) in [5, 5.41) is 2.94. The molecule has 7 nitrogen and oxygen atoms in total. The van der Waals surface area contributed by atoms with Crippen LogP contribution in [0.3, 0.4) is 0 Å². The maximum absolute atomic E-state index is 13.0. The smallest absolute Gasteiger partial charge is 0.320 e. The van der Waals surface area contributed by atoms with Crippen LogP contribution in [-0.2, 0) is 16.0 Å². The topological polar surface area (TPSA) is 74.8 Å². The zero-order chi connectivity index (χ0) is 19.3. The molecule has 28 heavy (non-hydrogen) atoms. The molecule has 3 aliphatic heterocycles. The van der Waals surface area contributed by atoms with Gasteiger partial charge in [0.2, 0.25) is 5.91 Å². The second kappa shape index (κ2) is 6.69. The van der Waals surface area contributed by atoms with Crippen molar-refractivity contribution in [3.63, 3.8) is 0 Å². The van der Waals surface area contributed by atoms with E-state index in [1.807, 2.05) is 9.80 Å². The molecule has 4 fully saturated rings.